The second kappa shape index (κ2) is 5.99. The van der Waals surface area contributed by atoms with Gasteiger partial charge in [0.25, 0.3) is 0 Å². The molecule has 0 radical (unpaired) electrons. The summed E-state index contributed by atoms with van der Waals surface area (Å²) in [6, 6.07) is 0.495. The van der Waals surface area contributed by atoms with Gasteiger partial charge in [0.15, 0.2) is 0 Å². The fourth-order valence-corrected chi connectivity index (χ4v) is 3.10. The molecule has 0 aromatic heterocycles. The first kappa shape index (κ1) is 12.3. The third kappa shape index (κ3) is 3.44. The molecule has 2 N–H and O–H groups in total. The number of hydrogen-bond donors (Lipinski definition) is 1. The van der Waals surface area contributed by atoms with Crippen LogP contribution in [0.5, 0.6) is 0 Å². The molecule has 1 aliphatic heterocycles. The molecule has 2 unspecified atom stereocenters. The summed E-state index contributed by atoms with van der Waals surface area (Å²) in [6.07, 6.45) is 6.63. The summed E-state index contributed by atoms with van der Waals surface area (Å²) in [5.41, 5.74) is 6.12. The molecule has 1 saturated heterocycles. The van der Waals surface area contributed by atoms with Crippen LogP contribution in [0.1, 0.15) is 32.1 Å². The lowest BCUT2D eigenvalue weighted by atomic mass is 10.00. The first-order valence-corrected chi connectivity index (χ1v) is 6.92. The van der Waals surface area contributed by atoms with E-state index in [9.17, 15) is 0 Å². The maximum absolute atomic E-state index is 6.12. The topological polar surface area (TPSA) is 32.5 Å². The molecule has 2 rings (SSSR count). The predicted molar refractivity (Wildman–Crippen MR) is 68.5 cm³/mol. The highest BCUT2D eigenvalue weighted by Gasteiger charge is 2.24. The zero-order valence-electron chi connectivity index (χ0n) is 10.7. The number of hydrogen-bond acceptors (Lipinski definition) is 3. The maximum atomic E-state index is 6.12. The van der Waals surface area contributed by atoms with Crippen molar-refractivity contribution in [2.45, 2.75) is 38.1 Å². The van der Waals surface area contributed by atoms with Crippen LogP contribution in [0.4, 0.5) is 0 Å². The van der Waals surface area contributed by atoms with Gasteiger partial charge in [0.1, 0.15) is 0 Å². The molecule has 0 spiro atoms. The Balaban J connectivity index is 1.68. The lowest BCUT2D eigenvalue weighted by Gasteiger charge is -2.23. The molecule has 1 aliphatic carbocycles. The SMILES string of the molecule is CN1CCCN(CCC2CCCC2N)CC1. The average molecular weight is 225 g/mol. The van der Waals surface area contributed by atoms with E-state index in [2.05, 4.69) is 16.8 Å². The molecule has 0 bridgehead atoms. The van der Waals surface area contributed by atoms with Crippen molar-refractivity contribution in [3.8, 4) is 0 Å². The van der Waals surface area contributed by atoms with Crippen LogP contribution in [0.3, 0.4) is 0 Å². The fourth-order valence-electron chi connectivity index (χ4n) is 3.10. The number of nitrogens with zero attached hydrogens (tertiary/aromatic N) is 2. The maximum Gasteiger partial charge on any atom is 0.0109 e. The van der Waals surface area contributed by atoms with Crippen molar-refractivity contribution >= 4 is 0 Å². The summed E-state index contributed by atoms with van der Waals surface area (Å²) in [4.78, 5) is 5.08. The molecule has 1 heterocycles. The fraction of sp³-hybridized carbons (Fsp3) is 1.00. The minimum Gasteiger partial charge on any atom is -0.327 e. The van der Waals surface area contributed by atoms with Gasteiger partial charge in [-0.3, -0.25) is 0 Å². The summed E-state index contributed by atoms with van der Waals surface area (Å²) >= 11 is 0. The van der Waals surface area contributed by atoms with Gasteiger partial charge in [-0.15, -0.1) is 0 Å². The summed E-state index contributed by atoms with van der Waals surface area (Å²) in [5.74, 6) is 0.806. The van der Waals surface area contributed by atoms with Crippen LogP contribution >= 0.6 is 0 Å². The van der Waals surface area contributed by atoms with E-state index < -0.39 is 0 Å². The second-order valence-corrected chi connectivity index (χ2v) is 5.64. The van der Waals surface area contributed by atoms with E-state index in [1.165, 1.54) is 64.8 Å². The van der Waals surface area contributed by atoms with Crippen molar-refractivity contribution in [3.05, 3.63) is 0 Å². The van der Waals surface area contributed by atoms with Crippen molar-refractivity contribution in [3.63, 3.8) is 0 Å². The van der Waals surface area contributed by atoms with Gasteiger partial charge in [-0.2, -0.15) is 0 Å². The highest BCUT2D eigenvalue weighted by atomic mass is 15.2. The van der Waals surface area contributed by atoms with Crippen LogP contribution in [0.15, 0.2) is 0 Å². The third-order valence-electron chi connectivity index (χ3n) is 4.35. The Morgan fingerprint density at radius 2 is 1.94 bits per heavy atom. The summed E-state index contributed by atoms with van der Waals surface area (Å²) in [7, 11) is 2.23. The number of likely N-dealkylation sites (N-methyl/N-ethyl adjacent to an activating group) is 1. The van der Waals surface area contributed by atoms with Gasteiger partial charge < -0.3 is 15.5 Å². The Hall–Kier alpha value is -0.120. The van der Waals surface area contributed by atoms with E-state index in [1.807, 2.05) is 0 Å². The molecule has 0 aromatic rings. The quantitative estimate of drug-likeness (QED) is 0.782. The Labute approximate surface area is 100.0 Å². The van der Waals surface area contributed by atoms with Gasteiger partial charge in [0, 0.05) is 19.1 Å². The van der Waals surface area contributed by atoms with Gasteiger partial charge in [0.2, 0.25) is 0 Å². The van der Waals surface area contributed by atoms with E-state index in [4.69, 9.17) is 5.73 Å². The van der Waals surface area contributed by atoms with Crippen LogP contribution in [-0.2, 0) is 0 Å². The van der Waals surface area contributed by atoms with Gasteiger partial charge in [-0.25, -0.2) is 0 Å². The van der Waals surface area contributed by atoms with Crippen LogP contribution in [0, 0.1) is 5.92 Å². The molecular formula is C13H27N3. The van der Waals surface area contributed by atoms with Crippen molar-refractivity contribution in [1.29, 1.82) is 0 Å². The van der Waals surface area contributed by atoms with Crippen LogP contribution in [0.2, 0.25) is 0 Å². The first-order valence-electron chi connectivity index (χ1n) is 6.92. The van der Waals surface area contributed by atoms with Crippen molar-refractivity contribution in [2.75, 3.05) is 39.8 Å². The summed E-state index contributed by atoms with van der Waals surface area (Å²) < 4.78 is 0. The molecule has 2 aliphatic rings. The Morgan fingerprint density at radius 3 is 2.69 bits per heavy atom. The molecule has 94 valence electrons. The van der Waals surface area contributed by atoms with Crippen LogP contribution in [-0.4, -0.2) is 55.6 Å². The van der Waals surface area contributed by atoms with Gasteiger partial charge in [-0.05, 0) is 58.3 Å². The molecule has 3 heteroatoms. The Kier molecular flexibility index (Phi) is 4.62. The van der Waals surface area contributed by atoms with E-state index in [1.54, 1.807) is 0 Å². The summed E-state index contributed by atoms with van der Waals surface area (Å²) in [6.45, 7) is 6.30. The van der Waals surface area contributed by atoms with Crippen molar-refractivity contribution < 1.29 is 0 Å². The smallest absolute Gasteiger partial charge is 0.0109 e. The molecule has 2 atom stereocenters. The molecule has 1 saturated carbocycles. The van der Waals surface area contributed by atoms with Crippen molar-refractivity contribution in [2.24, 2.45) is 11.7 Å². The number of rotatable bonds is 3. The molecule has 0 aromatic carbocycles. The molecule has 16 heavy (non-hydrogen) atoms. The molecule has 0 amide bonds. The lowest BCUT2D eigenvalue weighted by molar-refractivity contribution is 0.251. The van der Waals surface area contributed by atoms with Gasteiger partial charge in [-0.1, -0.05) is 6.42 Å². The number of nitrogens with two attached hydrogens (primary N) is 1. The highest BCUT2D eigenvalue weighted by molar-refractivity contribution is 4.81. The monoisotopic (exact) mass is 225 g/mol. The second-order valence-electron chi connectivity index (χ2n) is 5.64. The largest absolute Gasteiger partial charge is 0.327 e. The lowest BCUT2D eigenvalue weighted by Crippen LogP contribution is -2.33. The predicted octanol–water partition coefficient (Wildman–Crippen LogP) is 1.14. The normalized spacial score (nSPS) is 34.1. The van der Waals surface area contributed by atoms with Crippen molar-refractivity contribution in [1.82, 2.24) is 9.80 Å². The van der Waals surface area contributed by atoms with E-state index in [0.29, 0.717) is 6.04 Å². The van der Waals surface area contributed by atoms with E-state index in [-0.39, 0.29) is 0 Å². The Morgan fingerprint density at radius 1 is 1.06 bits per heavy atom. The zero-order valence-corrected chi connectivity index (χ0v) is 10.7. The standard InChI is InChI=1S/C13H27N3/c1-15-7-3-8-16(11-10-15)9-6-12-4-2-5-13(12)14/h12-13H,2-11,14H2,1H3. The average Bonchev–Trinajstić information content (AvgIpc) is 2.55. The van der Waals surface area contributed by atoms with E-state index in [0.717, 1.165) is 5.92 Å². The van der Waals surface area contributed by atoms with E-state index >= 15 is 0 Å². The summed E-state index contributed by atoms with van der Waals surface area (Å²) in [5, 5.41) is 0. The molecular weight excluding hydrogens is 198 g/mol. The zero-order chi connectivity index (χ0) is 11.4. The third-order valence-corrected chi connectivity index (χ3v) is 4.35. The minimum atomic E-state index is 0.495. The minimum absolute atomic E-state index is 0.495. The first-order chi connectivity index (χ1) is 7.75. The van der Waals surface area contributed by atoms with Crippen LogP contribution in [0.25, 0.3) is 0 Å². The van der Waals surface area contributed by atoms with Crippen LogP contribution < -0.4 is 5.73 Å². The van der Waals surface area contributed by atoms with Gasteiger partial charge >= 0.3 is 0 Å². The highest BCUT2D eigenvalue weighted by Crippen LogP contribution is 2.26. The van der Waals surface area contributed by atoms with Gasteiger partial charge in [0.05, 0.1) is 0 Å². The molecule has 3 nitrogen and oxygen atoms in total. The molecule has 2 fully saturated rings. The Bertz CT molecular complexity index is 207.